The third-order valence-corrected chi connectivity index (χ3v) is 7.58. The molecule has 2 fully saturated rings. The lowest BCUT2D eigenvalue weighted by molar-refractivity contribution is -0.163. The Morgan fingerprint density at radius 2 is 2.24 bits per heavy atom. The van der Waals surface area contributed by atoms with Crippen molar-refractivity contribution < 1.29 is 24.2 Å². The van der Waals surface area contributed by atoms with Crippen LogP contribution in [0.25, 0.3) is 0 Å². The molecule has 0 aliphatic carbocycles. The fourth-order valence-corrected chi connectivity index (χ4v) is 6.20. The summed E-state index contributed by atoms with van der Waals surface area (Å²) in [5.41, 5.74) is 0.0900. The number of rotatable bonds is 7. The number of aliphatic hydroxyl groups is 1. The second-order valence-electron chi connectivity index (χ2n) is 8.04. The van der Waals surface area contributed by atoms with Gasteiger partial charge in [0.1, 0.15) is 17.2 Å². The molecule has 0 unspecified atom stereocenters. The summed E-state index contributed by atoms with van der Waals surface area (Å²) in [6.45, 7) is 4.95. The molecule has 6 atom stereocenters. The van der Waals surface area contributed by atoms with E-state index in [-0.39, 0.29) is 34.9 Å². The van der Waals surface area contributed by atoms with Crippen LogP contribution in [-0.2, 0) is 16.1 Å². The minimum Gasteiger partial charge on any atom is -0.477 e. The van der Waals surface area contributed by atoms with Gasteiger partial charge in [-0.1, -0.05) is 6.92 Å². The van der Waals surface area contributed by atoms with Crippen molar-refractivity contribution >= 4 is 23.6 Å². The SMILES string of the molecule is CNCc1ccc([C@H]2C[C@H](SC3=C(C(=O)O)N4C(=O)[C@H]([C@@H](C)O)[C@H]4[C@H]3C)CN2)o1. The predicted molar refractivity (Wildman–Crippen MR) is 108 cm³/mol. The smallest absolute Gasteiger partial charge is 0.353 e. The van der Waals surface area contributed by atoms with E-state index in [1.165, 1.54) is 4.90 Å². The van der Waals surface area contributed by atoms with Crippen molar-refractivity contribution in [3.8, 4) is 0 Å². The molecule has 4 rings (SSSR count). The van der Waals surface area contributed by atoms with Crippen molar-refractivity contribution in [1.82, 2.24) is 15.5 Å². The van der Waals surface area contributed by atoms with Gasteiger partial charge in [0.2, 0.25) is 5.91 Å². The van der Waals surface area contributed by atoms with Crippen LogP contribution in [0.2, 0.25) is 0 Å². The summed E-state index contributed by atoms with van der Waals surface area (Å²) in [5.74, 6) is -0.232. The van der Waals surface area contributed by atoms with E-state index in [1.54, 1.807) is 18.7 Å². The van der Waals surface area contributed by atoms with E-state index in [0.29, 0.717) is 6.54 Å². The molecule has 2 saturated heterocycles. The van der Waals surface area contributed by atoms with E-state index in [0.717, 1.165) is 29.4 Å². The molecule has 8 nitrogen and oxygen atoms in total. The summed E-state index contributed by atoms with van der Waals surface area (Å²) in [5, 5.41) is 26.4. The van der Waals surface area contributed by atoms with E-state index in [1.807, 2.05) is 26.1 Å². The molecule has 9 heteroatoms. The van der Waals surface area contributed by atoms with E-state index < -0.39 is 18.0 Å². The van der Waals surface area contributed by atoms with Gasteiger partial charge in [0.05, 0.1) is 30.7 Å². The topological polar surface area (TPSA) is 115 Å². The van der Waals surface area contributed by atoms with Gasteiger partial charge in [0.25, 0.3) is 0 Å². The molecule has 4 heterocycles. The lowest BCUT2D eigenvalue weighted by Gasteiger charge is -2.46. The first-order valence-electron chi connectivity index (χ1n) is 9.95. The number of aliphatic hydroxyl groups excluding tert-OH is 1. The van der Waals surface area contributed by atoms with Crippen LogP contribution in [-0.4, -0.2) is 58.0 Å². The van der Waals surface area contributed by atoms with E-state index >= 15 is 0 Å². The monoisotopic (exact) mass is 421 g/mol. The first-order chi connectivity index (χ1) is 13.8. The maximum atomic E-state index is 12.4. The van der Waals surface area contributed by atoms with Gasteiger partial charge < -0.3 is 30.2 Å². The van der Waals surface area contributed by atoms with Crippen molar-refractivity contribution in [1.29, 1.82) is 0 Å². The number of fused-ring (bicyclic) bond motifs is 1. The Labute approximate surface area is 173 Å². The number of β-lactam (4-membered cyclic amide) rings is 1. The number of carbonyl (C=O) groups is 2. The summed E-state index contributed by atoms with van der Waals surface area (Å²) in [7, 11) is 1.87. The quantitative estimate of drug-likeness (QED) is 0.487. The summed E-state index contributed by atoms with van der Waals surface area (Å²) in [4.78, 5) is 26.5. The number of carbonyl (C=O) groups excluding carboxylic acids is 1. The molecule has 0 spiro atoms. The Hall–Kier alpha value is -1.81. The normalized spacial score (nSPS) is 32.5. The van der Waals surface area contributed by atoms with Crippen LogP contribution in [0, 0.1) is 11.8 Å². The van der Waals surface area contributed by atoms with Gasteiger partial charge in [-0.05, 0) is 32.5 Å². The predicted octanol–water partition coefficient (Wildman–Crippen LogP) is 1.29. The first kappa shape index (κ1) is 20.5. The van der Waals surface area contributed by atoms with E-state index in [2.05, 4.69) is 10.6 Å². The van der Waals surface area contributed by atoms with Crippen molar-refractivity contribution in [2.45, 2.75) is 50.3 Å². The Kier molecular flexibility index (Phi) is 5.50. The van der Waals surface area contributed by atoms with Crippen molar-refractivity contribution in [3.05, 3.63) is 34.3 Å². The fraction of sp³-hybridized carbons (Fsp3) is 0.600. The maximum absolute atomic E-state index is 12.4. The zero-order valence-electron chi connectivity index (χ0n) is 16.7. The number of hydrogen-bond acceptors (Lipinski definition) is 7. The molecule has 1 amide bonds. The molecule has 1 aromatic heterocycles. The number of nitrogens with zero attached hydrogens (tertiary/aromatic N) is 1. The third-order valence-electron chi connectivity index (χ3n) is 6.07. The molecule has 3 aliphatic heterocycles. The molecule has 0 saturated carbocycles. The zero-order chi connectivity index (χ0) is 20.9. The minimum absolute atomic E-state index is 0.0900. The molecule has 0 radical (unpaired) electrons. The van der Waals surface area contributed by atoms with E-state index in [4.69, 9.17) is 4.42 Å². The number of hydrogen-bond donors (Lipinski definition) is 4. The molecule has 4 N–H and O–H groups in total. The Bertz CT molecular complexity index is 851. The highest BCUT2D eigenvalue weighted by Crippen LogP contribution is 2.52. The molecular formula is C20H27N3O5S. The van der Waals surface area contributed by atoms with Crippen molar-refractivity contribution in [3.63, 3.8) is 0 Å². The highest BCUT2D eigenvalue weighted by Gasteiger charge is 2.60. The fourth-order valence-electron chi connectivity index (χ4n) is 4.72. The Morgan fingerprint density at radius 1 is 1.48 bits per heavy atom. The van der Waals surface area contributed by atoms with Gasteiger partial charge in [0, 0.05) is 22.6 Å². The van der Waals surface area contributed by atoms with Gasteiger partial charge in [0.15, 0.2) is 0 Å². The Balaban J connectivity index is 1.48. The number of nitrogens with one attached hydrogen (secondary N) is 2. The molecule has 3 aliphatic rings. The Morgan fingerprint density at radius 3 is 2.90 bits per heavy atom. The average molecular weight is 422 g/mol. The third kappa shape index (κ3) is 3.39. The second-order valence-corrected chi connectivity index (χ2v) is 9.38. The number of aliphatic carboxylic acids is 1. The zero-order valence-corrected chi connectivity index (χ0v) is 17.5. The summed E-state index contributed by atoms with van der Waals surface area (Å²) in [6.07, 6.45) is 0.0347. The summed E-state index contributed by atoms with van der Waals surface area (Å²) >= 11 is 1.54. The molecule has 1 aromatic rings. The van der Waals surface area contributed by atoms with Gasteiger partial charge in [-0.15, -0.1) is 11.8 Å². The number of amides is 1. The van der Waals surface area contributed by atoms with Crippen molar-refractivity contribution in [2.75, 3.05) is 13.6 Å². The molecule has 0 bridgehead atoms. The van der Waals surface area contributed by atoms with E-state index in [9.17, 15) is 19.8 Å². The lowest BCUT2D eigenvalue weighted by atomic mass is 9.79. The average Bonchev–Trinajstić information content (AvgIpc) is 3.34. The largest absolute Gasteiger partial charge is 0.477 e. The highest BCUT2D eigenvalue weighted by molar-refractivity contribution is 8.03. The second kappa shape index (κ2) is 7.79. The number of carboxylic acid groups (broad SMARTS) is 1. The van der Waals surface area contributed by atoms with Crippen molar-refractivity contribution in [2.24, 2.45) is 11.8 Å². The number of thioether (sulfide) groups is 1. The van der Waals surface area contributed by atoms with Crippen LogP contribution in [0.1, 0.15) is 37.8 Å². The summed E-state index contributed by atoms with van der Waals surface area (Å²) in [6, 6.07) is 3.77. The molecule has 158 valence electrons. The van der Waals surface area contributed by atoms with Crippen LogP contribution in [0.3, 0.4) is 0 Å². The van der Waals surface area contributed by atoms with Crippen LogP contribution >= 0.6 is 11.8 Å². The molecule has 0 aromatic carbocycles. The van der Waals surface area contributed by atoms with Crippen LogP contribution in [0.15, 0.2) is 27.2 Å². The van der Waals surface area contributed by atoms with Gasteiger partial charge in [-0.2, -0.15) is 0 Å². The maximum Gasteiger partial charge on any atom is 0.353 e. The lowest BCUT2D eigenvalue weighted by Crippen LogP contribution is -2.63. The highest BCUT2D eigenvalue weighted by atomic mass is 32.2. The van der Waals surface area contributed by atoms with Gasteiger partial charge in [-0.3, -0.25) is 4.79 Å². The first-order valence-corrected chi connectivity index (χ1v) is 10.8. The minimum atomic E-state index is -1.08. The summed E-state index contributed by atoms with van der Waals surface area (Å²) < 4.78 is 5.88. The number of furan rings is 1. The number of carboxylic acids is 1. The van der Waals surface area contributed by atoms with Crippen LogP contribution in [0.4, 0.5) is 0 Å². The van der Waals surface area contributed by atoms with Gasteiger partial charge in [-0.25, -0.2) is 4.79 Å². The molecule has 29 heavy (non-hydrogen) atoms. The van der Waals surface area contributed by atoms with Crippen LogP contribution < -0.4 is 10.6 Å². The van der Waals surface area contributed by atoms with Crippen LogP contribution in [0.5, 0.6) is 0 Å². The van der Waals surface area contributed by atoms with Gasteiger partial charge >= 0.3 is 5.97 Å². The standard InChI is InChI=1S/C20H27N3O5S/c1-9-16-15(10(2)24)19(25)23(16)17(20(26)27)18(9)29-12-6-13(22-8-12)14-5-4-11(28-14)7-21-3/h4-5,9-10,12-13,15-16,21-22,24H,6-8H2,1-3H3,(H,26,27)/t9-,10-,12+,13-,15-,16-/m1/s1. The molecular weight excluding hydrogens is 394 g/mol.